The molecule has 2 saturated heterocycles. The molecule has 1 atom stereocenters. The molecule has 2 N–H and O–H groups in total. The minimum absolute atomic E-state index is 0.0135. The average molecular weight is 316 g/mol. The number of carbonyl (C=O) groups is 2. The van der Waals surface area contributed by atoms with Crippen molar-refractivity contribution >= 4 is 23.8 Å². The summed E-state index contributed by atoms with van der Waals surface area (Å²) in [5, 5.41) is 11.6. The van der Waals surface area contributed by atoms with Crippen molar-refractivity contribution in [1.82, 2.24) is 10.2 Å². The van der Waals surface area contributed by atoms with Crippen LogP contribution in [-0.2, 0) is 9.53 Å². The van der Waals surface area contributed by atoms with Crippen molar-refractivity contribution in [3.63, 3.8) is 0 Å². The molecular weight excluding hydrogens is 292 g/mol. The van der Waals surface area contributed by atoms with Gasteiger partial charge in [-0.2, -0.15) is 11.8 Å². The summed E-state index contributed by atoms with van der Waals surface area (Å²) in [6.07, 6.45) is 3.74. The molecule has 7 heteroatoms. The van der Waals surface area contributed by atoms with Gasteiger partial charge in [-0.3, -0.25) is 0 Å². The molecule has 6 nitrogen and oxygen atoms in total. The molecule has 2 rings (SSSR count). The van der Waals surface area contributed by atoms with Crippen LogP contribution in [0.5, 0.6) is 0 Å². The number of hydrogen-bond acceptors (Lipinski definition) is 4. The molecule has 2 heterocycles. The van der Waals surface area contributed by atoms with Gasteiger partial charge in [0, 0.05) is 24.4 Å². The molecule has 0 aromatic rings. The summed E-state index contributed by atoms with van der Waals surface area (Å²) in [5.74, 6) is 0.232. The van der Waals surface area contributed by atoms with Crippen molar-refractivity contribution in [2.24, 2.45) is 0 Å². The van der Waals surface area contributed by atoms with E-state index in [9.17, 15) is 9.59 Å². The van der Waals surface area contributed by atoms with E-state index < -0.39 is 5.97 Å². The Bertz CT molecular complexity index is 377. The fraction of sp³-hybridized carbons (Fsp3) is 0.857. The van der Waals surface area contributed by atoms with Crippen LogP contribution in [-0.4, -0.2) is 64.9 Å². The fourth-order valence-corrected chi connectivity index (χ4v) is 4.01. The number of nitrogens with one attached hydrogen (secondary N) is 1. The number of urea groups is 1. The zero-order valence-electron chi connectivity index (χ0n) is 12.5. The van der Waals surface area contributed by atoms with E-state index in [2.05, 4.69) is 12.2 Å². The number of thioether (sulfide) groups is 1. The molecule has 2 aliphatic heterocycles. The number of hydrogen-bond donors (Lipinski definition) is 2. The number of piperidine rings is 1. The van der Waals surface area contributed by atoms with Gasteiger partial charge in [0.05, 0.1) is 6.10 Å². The summed E-state index contributed by atoms with van der Waals surface area (Å²) in [6, 6.07) is -0.0135. The van der Waals surface area contributed by atoms with Crippen LogP contribution in [0.3, 0.4) is 0 Å². The second kappa shape index (κ2) is 7.35. The Morgan fingerprint density at radius 1 is 1.43 bits per heavy atom. The van der Waals surface area contributed by atoms with Gasteiger partial charge in [-0.25, -0.2) is 9.59 Å². The number of amides is 2. The molecule has 0 aromatic carbocycles. The van der Waals surface area contributed by atoms with Crippen LogP contribution in [0.4, 0.5) is 4.79 Å². The van der Waals surface area contributed by atoms with Crippen LogP contribution in [0, 0.1) is 0 Å². The molecule has 21 heavy (non-hydrogen) atoms. The van der Waals surface area contributed by atoms with Crippen LogP contribution in [0.2, 0.25) is 0 Å². The van der Waals surface area contributed by atoms with Gasteiger partial charge in [0.15, 0.2) is 0 Å². The highest BCUT2D eigenvalue weighted by molar-refractivity contribution is 8.00. The Morgan fingerprint density at radius 3 is 2.71 bits per heavy atom. The summed E-state index contributed by atoms with van der Waals surface area (Å²) in [7, 11) is 0. The van der Waals surface area contributed by atoms with Crippen LogP contribution < -0.4 is 5.32 Å². The van der Waals surface area contributed by atoms with E-state index in [1.54, 1.807) is 4.90 Å². The highest BCUT2D eigenvalue weighted by atomic mass is 32.2. The zero-order chi connectivity index (χ0) is 15.3. The SMILES string of the molecule is CC1(CNC(=O)N2CCC(OCC(=O)O)CC2)CCCS1. The van der Waals surface area contributed by atoms with Gasteiger partial charge < -0.3 is 20.1 Å². The van der Waals surface area contributed by atoms with E-state index in [1.807, 2.05) is 11.8 Å². The van der Waals surface area contributed by atoms with E-state index in [0.717, 1.165) is 6.42 Å². The van der Waals surface area contributed by atoms with Crippen LogP contribution in [0.25, 0.3) is 0 Å². The number of carboxylic acids is 1. The van der Waals surface area contributed by atoms with Crippen molar-refractivity contribution in [2.75, 3.05) is 32.0 Å². The highest BCUT2D eigenvalue weighted by Crippen LogP contribution is 2.36. The van der Waals surface area contributed by atoms with Gasteiger partial charge in [0.25, 0.3) is 0 Å². The first-order valence-electron chi connectivity index (χ1n) is 7.49. The average Bonchev–Trinajstić information content (AvgIpc) is 2.90. The number of rotatable bonds is 5. The maximum absolute atomic E-state index is 12.1. The molecule has 0 radical (unpaired) electrons. The molecular formula is C14H24N2O4S. The summed E-state index contributed by atoms with van der Waals surface area (Å²) in [6.45, 7) is 3.91. The van der Waals surface area contributed by atoms with E-state index in [-0.39, 0.29) is 23.5 Å². The summed E-state index contributed by atoms with van der Waals surface area (Å²) < 4.78 is 5.45. The second-order valence-corrected chi connectivity index (χ2v) is 7.63. The van der Waals surface area contributed by atoms with Gasteiger partial charge in [0.1, 0.15) is 6.61 Å². The first kappa shape index (κ1) is 16.4. The fourth-order valence-electron chi connectivity index (χ4n) is 2.77. The Morgan fingerprint density at radius 2 is 2.14 bits per heavy atom. The van der Waals surface area contributed by atoms with E-state index in [4.69, 9.17) is 9.84 Å². The Hall–Kier alpha value is -0.950. The maximum atomic E-state index is 12.1. The topological polar surface area (TPSA) is 78.9 Å². The molecule has 2 aliphatic rings. The number of carbonyl (C=O) groups excluding carboxylic acids is 1. The number of likely N-dealkylation sites (tertiary alicyclic amines) is 1. The van der Waals surface area contributed by atoms with Crippen molar-refractivity contribution in [2.45, 2.75) is 43.5 Å². The maximum Gasteiger partial charge on any atom is 0.329 e. The van der Waals surface area contributed by atoms with Crippen molar-refractivity contribution in [1.29, 1.82) is 0 Å². The van der Waals surface area contributed by atoms with Gasteiger partial charge >= 0.3 is 12.0 Å². The number of carboxylic acid groups (broad SMARTS) is 1. The van der Waals surface area contributed by atoms with Gasteiger partial charge in [0.2, 0.25) is 0 Å². The van der Waals surface area contributed by atoms with Crippen molar-refractivity contribution in [3.8, 4) is 0 Å². The molecule has 1 unspecified atom stereocenters. The lowest BCUT2D eigenvalue weighted by molar-refractivity contribution is -0.145. The van der Waals surface area contributed by atoms with E-state index in [0.29, 0.717) is 32.5 Å². The molecule has 2 fully saturated rings. The largest absolute Gasteiger partial charge is 0.480 e. The van der Waals surface area contributed by atoms with Gasteiger partial charge in [-0.1, -0.05) is 0 Å². The molecule has 2 amide bonds. The molecule has 0 saturated carbocycles. The molecule has 0 spiro atoms. The third-order valence-electron chi connectivity index (χ3n) is 4.09. The standard InChI is InChI=1S/C14H24N2O4S/c1-14(5-2-8-21-14)10-15-13(19)16-6-3-11(4-7-16)20-9-12(17)18/h11H,2-10H2,1H3,(H,15,19)(H,17,18). The quantitative estimate of drug-likeness (QED) is 0.804. The molecule has 120 valence electrons. The Balaban J connectivity index is 1.67. The summed E-state index contributed by atoms with van der Waals surface area (Å²) in [5.41, 5.74) is 0. The Labute approximate surface area is 129 Å². The lowest BCUT2D eigenvalue weighted by Crippen LogP contribution is -2.48. The summed E-state index contributed by atoms with van der Waals surface area (Å²) in [4.78, 5) is 24.4. The van der Waals surface area contributed by atoms with Crippen LogP contribution >= 0.6 is 11.8 Å². The second-order valence-electron chi connectivity index (χ2n) is 5.95. The van der Waals surface area contributed by atoms with Crippen molar-refractivity contribution < 1.29 is 19.4 Å². The minimum atomic E-state index is -0.947. The molecule has 0 aliphatic carbocycles. The van der Waals surface area contributed by atoms with Gasteiger partial charge in [-0.15, -0.1) is 0 Å². The number of nitrogens with zero attached hydrogens (tertiary/aromatic N) is 1. The zero-order valence-corrected chi connectivity index (χ0v) is 13.3. The lowest BCUT2D eigenvalue weighted by Gasteiger charge is -2.33. The molecule has 0 aromatic heterocycles. The number of ether oxygens (including phenoxy) is 1. The van der Waals surface area contributed by atoms with Crippen molar-refractivity contribution in [3.05, 3.63) is 0 Å². The predicted molar refractivity (Wildman–Crippen MR) is 81.7 cm³/mol. The predicted octanol–water partition coefficient (Wildman–Crippen LogP) is 1.55. The molecule has 0 bridgehead atoms. The first-order chi connectivity index (χ1) is 9.98. The lowest BCUT2D eigenvalue weighted by atomic mass is 10.1. The van der Waals surface area contributed by atoms with Crippen LogP contribution in [0.1, 0.15) is 32.6 Å². The first-order valence-corrected chi connectivity index (χ1v) is 8.47. The van der Waals surface area contributed by atoms with Crippen LogP contribution in [0.15, 0.2) is 0 Å². The normalized spacial score (nSPS) is 26.8. The minimum Gasteiger partial charge on any atom is -0.480 e. The van der Waals surface area contributed by atoms with Gasteiger partial charge in [-0.05, 0) is 38.4 Å². The number of aliphatic carboxylic acids is 1. The third-order valence-corrected chi connectivity index (χ3v) is 5.62. The highest BCUT2D eigenvalue weighted by Gasteiger charge is 2.31. The van der Waals surface area contributed by atoms with E-state index in [1.165, 1.54) is 12.2 Å². The third kappa shape index (κ3) is 5.07. The smallest absolute Gasteiger partial charge is 0.329 e. The summed E-state index contributed by atoms with van der Waals surface area (Å²) >= 11 is 1.93. The van der Waals surface area contributed by atoms with E-state index >= 15 is 0 Å². The Kier molecular flexibility index (Phi) is 5.75. The monoisotopic (exact) mass is 316 g/mol.